The Morgan fingerprint density at radius 2 is 1.96 bits per heavy atom. The Morgan fingerprint density at radius 1 is 1.25 bits per heavy atom. The highest BCUT2D eigenvalue weighted by atomic mass is 32.2. The fourth-order valence-electron chi connectivity index (χ4n) is 1.98. The van der Waals surface area contributed by atoms with Gasteiger partial charge < -0.3 is 15.5 Å². The first-order valence-corrected chi connectivity index (χ1v) is 9.18. The third-order valence-corrected chi connectivity index (χ3v) is 6.17. The standard InChI is InChI=1S/C17H22N2O4S/c1-17(2,3)24(21,22)11-12-5-4-6-14(7-12)19-16(20)13-8-15(9-18)23-10-13/h4-8,10H,9,11,18H2,1-3H3,(H,19,20). The molecule has 0 saturated heterocycles. The Morgan fingerprint density at radius 3 is 2.54 bits per heavy atom. The summed E-state index contributed by atoms with van der Waals surface area (Å²) in [4.78, 5) is 12.2. The topological polar surface area (TPSA) is 102 Å². The Hall–Kier alpha value is -2.12. The fraction of sp³-hybridized carbons (Fsp3) is 0.353. The number of rotatable bonds is 5. The van der Waals surface area contributed by atoms with Gasteiger partial charge in [-0.3, -0.25) is 4.79 Å². The van der Waals surface area contributed by atoms with E-state index in [9.17, 15) is 13.2 Å². The minimum atomic E-state index is -3.29. The number of hydrogen-bond acceptors (Lipinski definition) is 5. The van der Waals surface area contributed by atoms with Crippen molar-refractivity contribution in [3.05, 3.63) is 53.5 Å². The van der Waals surface area contributed by atoms with Gasteiger partial charge in [0.2, 0.25) is 0 Å². The van der Waals surface area contributed by atoms with Crippen LogP contribution < -0.4 is 11.1 Å². The molecule has 0 aliphatic rings. The van der Waals surface area contributed by atoms with Crippen molar-refractivity contribution >= 4 is 21.4 Å². The van der Waals surface area contributed by atoms with Crippen LogP contribution in [0, 0.1) is 0 Å². The summed E-state index contributed by atoms with van der Waals surface area (Å²) in [6, 6.07) is 8.37. The number of carbonyl (C=O) groups excluding carboxylic acids is 1. The lowest BCUT2D eigenvalue weighted by Gasteiger charge is -2.19. The average Bonchev–Trinajstić information content (AvgIpc) is 2.95. The van der Waals surface area contributed by atoms with E-state index in [0.29, 0.717) is 22.6 Å². The van der Waals surface area contributed by atoms with Crippen LogP contribution in [0.3, 0.4) is 0 Å². The lowest BCUT2D eigenvalue weighted by atomic mass is 10.2. The first-order valence-electron chi connectivity index (χ1n) is 7.52. The van der Waals surface area contributed by atoms with Crippen molar-refractivity contribution in [3.8, 4) is 0 Å². The van der Waals surface area contributed by atoms with Gasteiger partial charge in [-0.2, -0.15) is 0 Å². The third-order valence-electron chi connectivity index (χ3n) is 3.59. The van der Waals surface area contributed by atoms with Gasteiger partial charge in [-0.25, -0.2) is 8.42 Å². The molecule has 0 aliphatic carbocycles. The molecule has 3 N–H and O–H groups in total. The van der Waals surface area contributed by atoms with E-state index in [1.165, 1.54) is 6.26 Å². The van der Waals surface area contributed by atoms with Crippen LogP contribution in [-0.4, -0.2) is 19.1 Å². The largest absolute Gasteiger partial charge is 0.467 e. The number of nitrogens with two attached hydrogens (primary N) is 1. The van der Waals surface area contributed by atoms with Gasteiger partial charge in [-0.1, -0.05) is 12.1 Å². The van der Waals surface area contributed by atoms with Gasteiger partial charge in [-0.05, 0) is 44.5 Å². The highest BCUT2D eigenvalue weighted by molar-refractivity contribution is 7.91. The second-order valence-electron chi connectivity index (χ2n) is 6.53. The molecule has 1 aromatic carbocycles. The monoisotopic (exact) mass is 350 g/mol. The third kappa shape index (κ3) is 4.24. The van der Waals surface area contributed by atoms with Gasteiger partial charge in [0.05, 0.1) is 22.6 Å². The zero-order chi connectivity index (χ0) is 18.0. The van der Waals surface area contributed by atoms with Crippen molar-refractivity contribution in [1.29, 1.82) is 0 Å². The summed E-state index contributed by atoms with van der Waals surface area (Å²) in [5, 5.41) is 2.73. The Balaban J connectivity index is 2.14. The van der Waals surface area contributed by atoms with Gasteiger partial charge >= 0.3 is 0 Å². The number of nitrogens with one attached hydrogen (secondary N) is 1. The molecular weight excluding hydrogens is 328 g/mol. The smallest absolute Gasteiger partial charge is 0.258 e. The molecule has 0 spiro atoms. The molecule has 24 heavy (non-hydrogen) atoms. The van der Waals surface area contributed by atoms with E-state index >= 15 is 0 Å². The molecule has 0 saturated carbocycles. The Kier molecular flexibility index (Phi) is 5.15. The van der Waals surface area contributed by atoms with Gasteiger partial charge in [-0.15, -0.1) is 0 Å². The minimum Gasteiger partial charge on any atom is -0.467 e. The molecule has 6 nitrogen and oxygen atoms in total. The van der Waals surface area contributed by atoms with E-state index in [4.69, 9.17) is 10.2 Å². The molecule has 2 aromatic rings. The number of amides is 1. The highest BCUT2D eigenvalue weighted by Gasteiger charge is 2.29. The Labute approximate surface area is 142 Å². The van der Waals surface area contributed by atoms with E-state index in [-0.39, 0.29) is 18.2 Å². The van der Waals surface area contributed by atoms with E-state index in [0.717, 1.165) is 0 Å². The molecule has 0 fully saturated rings. The van der Waals surface area contributed by atoms with Crippen LogP contribution in [0.4, 0.5) is 5.69 Å². The highest BCUT2D eigenvalue weighted by Crippen LogP contribution is 2.22. The summed E-state index contributed by atoms with van der Waals surface area (Å²) in [6.45, 7) is 5.22. The second-order valence-corrected chi connectivity index (χ2v) is 9.27. The van der Waals surface area contributed by atoms with E-state index in [1.54, 1.807) is 51.1 Å². The van der Waals surface area contributed by atoms with Crippen molar-refractivity contribution in [2.75, 3.05) is 5.32 Å². The van der Waals surface area contributed by atoms with Crippen LogP contribution in [0.1, 0.15) is 42.5 Å². The van der Waals surface area contributed by atoms with Crippen molar-refractivity contribution < 1.29 is 17.6 Å². The van der Waals surface area contributed by atoms with E-state index < -0.39 is 14.6 Å². The van der Waals surface area contributed by atoms with Gasteiger partial charge in [0.1, 0.15) is 12.0 Å². The molecule has 130 valence electrons. The first-order chi connectivity index (χ1) is 11.1. The molecule has 7 heteroatoms. The van der Waals surface area contributed by atoms with E-state index in [2.05, 4.69) is 5.32 Å². The lowest BCUT2D eigenvalue weighted by Crippen LogP contribution is -2.29. The number of carbonyl (C=O) groups is 1. The Bertz CT molecular complexity index is 832. The molecule has 0 bridgehead atoms. The van der Waals surface area contributed by atoms with Crippen molar-refractivity contribution in [3.63, 3.8) is 0 Å². The minimum absolute atomic E-state index is 0.0801. The van der Waals surface area contributed by atoms with Crippen molar-refractivity contribution in [1.82, 2.24) is 0 Å². The first kappa shape index (κ1) is 18.2. The number of benzene rings is 1. The van der Waals surface area contributed by atoms with Gasteiger partial charge in [0.25, 0.3) is 5.91 Å². The summed E-state index contributed by atoms with van der Waals surface area (Å²) in [7, 11) is -3.29. The van der Waals surface area contributed by atoms with Crippen LogP contribution in [0.5, 0.6) is 0 Å². The second kappa shape index (κ2) is 6.78. The quantitative estimate of drug-likeness (QED) is 0.863. The normalized spacial score (nSPS) is 12.2. The molecule has 2 rings (SSSR count). The molecule has 1 heterocycles. The van der Waals surface area contributed by atoms with Crippen LogP contribution in [0.25, 0.3) is 0 Å². The molecule has 0 radical (unpaired) electrons. The predicted molar refractivity (Wildman–Crippen MR) is 93.4 cm³/mol. The summed E-state index contributed by atoms with van der Waals surface area (Å²) in [5.41, 5.74) is 6.96. The van der Waals surface area contributed by atoms with Crippen LogP contribution in [0.15, 0.2) is 41.0 Å². The lowest BCUT2D eigenvalue weighted by molar-refractivity contribution is 0.102. The molecule has 0 unspecified atom stereocenters. The number of sulfone groups is 1. The van der Waals surface area contributed by atoms with Crippen molar-refractivity contribution in [2.45, 2.75) is 37.8 Å². The van der Waals surface area contributed by atoms with Gasteiger partial charge in [0.15, 0.2) is 9.84 Å². The molecular formula is C17H22N2O4S. The summed E-state index contributed by atoms with van der Waals surface area (Å²) >= 11 is 0. The van der Waals surface area contributed by atoms with Crippen LogP contribution in [0.2, 0.25) is 0 Å². The van der Waals surface area contributed by atoms with E-state index in [1.807, 2.05) is 0 Å². The SMILES string of the molecule is CC(C)(C)S(=O)(=O)Cc1cccc(NC(=O)c2coc(CN)c2)c1. The van der Waals surface area contributed by atoms with Crippen LogP contribution >= 0.6 is 0 Å². The number of hydrogen-bond donors (Lipinski definition) is 2. The predicted octanol–water partition coefficient (Wildman–Crippen LogP) is 2.70. The molecule has 1 amide bonds. The summed E-state index contributed by atoms with van der Waals surface area (Å²) < 4.78 is 28.9. The van der Waals surface area contributed by atoms with Gasteiger partial charge in [0, 0.05) is 5.69 Å². The molecule has 1 aromatic heterocycles. The maximum absolute atomic E-state index is 12.3. The number of furan rings is 1. The maximum atomic E-state index is 12.3. The number of anilines is 1. The summed E-state index contributed by atoms with van der Waals surface area (Å²) in [6.07, 6.45) is 1.34. The maximum Gasteiger partial charge on any atom is 0.258 e. The van der Waals surface area contributed by atoms with Crippen LogP contribution in [-0.2, 0) is 22.1 Å². The zero-order valence-electron chi connectivity index (χ0n) is 14.0. The van der Waals surface area contributed by atoms with Crippen molar-refractivity contribution in [2.24, 2.45) is 5.73 Å². The summed E-state index contributed by atoms with van der Waals surface area (Å²) in [5.74, 6) is 0.0999. The average molecular weight is 350 g/mol. The molecule has 0 aliphatic heterocycles. The molecule has 0 atom stereocenters. The fourth-order valence-corrected chi connectivity index (χ4v) is 3.04. The zero-order valence-corrected chi connectivity index (χ0v) is 14.8.